The minimum atomic E-state index is -1.17. The fraction of sp³-hybridized carbons (Fsp3) is 0.727. The molecule has 0 aliphatic heterocycles. The topological polar surface area (TPSA) is 92.7 Å². The highest BCUT2D eigenvalue weighted by Crippen LogP contribution is 2.04. The van der Waals surface area contributed by atoms with E-state index in [9.17, 15) is 14.4 Å². The van der Waals surface area contributed by atoms with Gasteiger partial charge in [-0.2, -0.15) is 0 Å². The summed E-state index contributed by atoms with van der Waals surface area (Å²) < 4.78 is 4.30. The predicted molar refractivity (Wildman–Crippen MR) is 60.7 cm³/mol. The van der Waals surface area contributed by atoms with Crippen molar-refractivity contribution in [3.63, 3.8) is 0 Å². The van der Waals surface area contributed by atoms with Crippen LogP contribution in [0.15, 0.2) is 0 Å². The Hall–Kier alpha value is -1.59. The number of unbranched alkanes of at least 4 members (excludes halogenated alkanes) is 1. The number of ether oxygens (including phenoxy) is 1. The summed E-state index contributed by atoms with van der Waals surface area (Å²) in [6.45, 7) is 1.98. The van der Waals surface area contributed by atoms with Gasteiger partial charge < -0.3 is 15.2 Å². The molecule has 0 bridgehead atoms. The second-order valence-electron chi connectivity index (χ2n) is 3.71. The number of hydrogen-bond donors (Lipinski definition) is 2. The third kappa shape index (κ3) is 7.32. The summed E-state index contributed by atoms with van der Waals surface area (Å²) in [6, 6.07) is -1.08. The zero-order chi connectivity index (χ0) is 13.3. The standard InChI is InChI=1S/C11H19NO5/c1-3-4-5-8(13)6-7-9(10(14)15)12-11(16)17-2/h9H,3-7H2,1-2H3,(H,12,16)(H,14,15). The molecule has 0 aliphatic rings. The summed E-state index contributed by atoms with van der Waals surface area (Å²) in [5.74, 6) is -1.15. The van der Waals surface area contributed by atoms with E-state index in [0.717, 1.165) is 20.0 Å². The van der Waals surface area contributed by atoms with Crippen LogP contribution in [-0.4, -0.2) is 36.1 Å². The Morgan fingerprint density at radius 1 is 1.29 bits per heavy atom. The Morgan fingerprint density at radius 2 is 1.94 bits per heavy atom. The van der Waals surface area contributed by atoms with Crippen molar-refractivity contribution in [2.45, 2.75) is 45.1 Å². The quantitative estimate of drug-likeness (QED) is 0.673. The fourth-order valence-corrected chi connectivity index (χ4v) is 1.26. The van der Waals surface area contributed by atoms with Crippen molar-refractivity contribution in [1.29, 1.82) is 0 Å². The van der Waals surface area contributed by atoms with Crippen molar-refractivity contribution >= 4 is 17.8 Å². The third-order valence-corrected chi connectivity index (χ3v) is 2.30. The van der Waals surface area contributed by atoms with Gasteiger partial charge in [-0.15, -0.1) is 0 Å². The molecule has 0 spiro atoms. The van der Waals surface area contributed by atoms with Gasteiger partial charge in [0.2, 0.25) is 0 Å². The molecule has 0 radical (unpaired) electrons. The lowest BCUT2D eigenvalue weighted by Gasteiger charge is -2.12. The molecule has 0 heterocycles. The van der Waals surface area contributed by atoms with Crippen molar-refractivity contribution in [3.05, 3.63) is 0 Å². The number of amides is 1. The van der Waals surface area contributed by atoms with Crippen molar-refractivity contribution in [3.8, 4) is 0 Å². The zero-order valence-electron chi connectivity index (χ0n) is 10.2. The van der Waals surface area contributed by atoms with Gasteiger partial charge in [-0.05, 0) is 12.8 Å². The molecule has 6 heteroatoms. The third-order valence-electron chi connectivity index (χ3n) is 2.30. The van der Waals surface area contributed by atoms with Crippen LogP contribution < -0.4 is 5.32 Å². The van der Waals surface area contributed by atoms with Gasteiger partial charge in [-0.1, -0.05) is 13.3 Å². The molecular formula is C11H19NO5. The van der Waals surface area contributed by atoms with Crippen LogP contribution in [0.3, 0.4) is 0 Å². The number of Topliss-reactive ketones (excluding diaryl/α,β-unsaturated/α-hetero) is 1. The summed E-state index contributed by atoms with van der Waals surface area (Å²) in [7, 11) is 1.15. The highest BCUT2D eigenvalue weighted by atomic mass is 16.5. The van der Waals surface area contributed by atoms with Crippen molar-refractivity contribution in [2.75, 3.05) is 7.11 Å². The van der Waals surface area contributed by atoms with Crippen LogP contribution in [0.4, 0.5) is 4.79 Å². The molecule has 0 fully saturated rings. The summed E-state index contributed by atoms with van der Waals surface area (Å²) >= 11 is 0. The molecule has 0 aliphatic carbocycles. The number of nitrogens with one attached hydrogen (secondary N) is 1. The van der Waals surface area contributed by atoms with Crippen LogP contribution in [0.25, 0.3) is 0 Å². The van der Waals surface area contributed by atoms with Gasteiger partial charge in [0.05, 0.1) is 7.11 Å². The lowest BCUT2D eigenvalue weighted by atomic mass is 10.1. The molecule has 6 nitrogen and oxygen atoms in total. The van der Waals surface area contributed by atoms with Crippen molar-refractivity contribution < 1.29 is 24.2 Å². The van der Waals surface area contributed by atoms with Gasteiger partial charge in [0.1, 0.15) is 11.8 Å². The van der Waals surface area contributed by atoms with Crippen LogP contribution >= 0.6 is 0 Å². The second kappa shape index (κ2) is 8.55. The largest absolute Gasteiger partial charge is 0.480 e. The predicted octanol–water partition coefficient (Wildman–Crippen LogP) is 1.34. The van der Waals surface area contributed by atoms with E-state index in [1.165, 1.54) is 0 Å². The van der Waals surface area contributed by atoms with Crippen molar-refractivity contribution in [1.82, 2.24) is 5.32 Å². The molecule has 0 saturated carbocycles. The average Bonchev–Trinajstić information content (AvgIpc) is 2.30. The number of aliphatic carboxylic acids is 1. The van der Waals surface area contributed by atoms with Gasteiger partial charge in [0.15, 0.2) is 0 Å². The normalized spacial score (nSPS) is 11.6. The molecule has 0 aromatic heterocycles. The second-order valence-corrected chi connectivity index (χ2v) is 3.71. The maximum atomic E-state index is 11.3. The first-order valence-corrected chi connectivity index (χ1v) is 5.60. The SMILES string of the molecule is CCCCC(=O)CCC(NC(=O)OC)C(=O)O. The number of alkyl carbamates (subject to hydrolysis) is 1. The molecular weight excluding hydrogens is 226 g/mol. The van der Waals surface area contributed by atoms with Crippen LogP contribution in [0.1, 0.15) is 39.0 Å². The summed E-state index contributed by atoms with van der Waals surface area (Å²) in [4.78, 5) is 33.0. The Morgan fingerprint density at radius 3 is 2.41 bits per heavy atom. The number of carbonyl (C=O) groups is 3. The summed E-state index contributed by atoms with van der Waals surface area (Å²) in [6.07, 6.45) is 1.63. The molecule has 2 N–H and O–H groups in total. The number of carboxylic acid groups (broad SMARTS) is 1. The minimum absolute atomic E-state index is 0.0183. The Kier molecular flexibility index (Phi) is 7.75. The first kappa shape index (κ1) is 15.4. The molecule has 0 aromatic carbocycles. The maximum Gasteiger partial charge on any atom is 0.407 e. The maximum absolute atomic E-state index is 11.3. The van der Waals surface area contributed by atoms with Crippen molar-refractivity contribution in [2.24, 2.45) is 0 Å². The molecule has 0 rings (SSSR count). The molecule has 1 unspecified atom stereocenters. The highest BCUT2D eigenvalue weighted by molar-refractivity contribution is 5.82. The van der Waals surface area contributed by atoms with Gasteiger partial charge in [-0.25, -0.2) is 9.59 Å². The first-order valence-electron chi connectivity index (χ1n) is 5.60. The molecule has 98 valence electrons. The number of ketones is 1. The van der Waals surface area contributed by atoms with Gasteiger partial charge in [-0.3, -0.25) is 4.79 Å². The van der Waals surface area contributed by atoms with E-state index in [2.05, 4.69) is 10.1 Å². The fourth-order valence-electron chi connectivity index (χ4n) is 1.26. The van der Waals surface area contributed by atoms with Crippen LogP contribution in [0.5, 0.6) is 0 Å². The molecule has 1 atom stereocenters. The summed E-state index contributed by atoms with van der Waals surface area (Å²) in [5.41, 5.74) is 0. The number of hydrogen-bond acceptors (Lipinski definition) is 4. The molecule has 17 heavy (non-hydrogen) atoms. The number of carbonyl (C=O) groups excluding carboxylic acids is 2. The van der Waals surface area contributed by atoms with E-state index >= 15 is 0 Å². The van der Waals surface area contributed by atoms with Crippen LogP contribution in [0, 0.1) is 0 Å². The van der Waals surface area contributed by atoms with Gasteiger partial charge in [0.25, 0.3) is 0 Å². The van der Waals surface area contributed by atoms with Gasteiger partial charge in [0, 0.05) is 12.8 Å². The smallest absolute Gasteiger partial charge is 0.407 e. The van der Waals surface area contributed by atoms with E-state index in [1.807, 2.05) is 6.92 Å². The number of rotatable bonds is 8. The Balaban J connectivity index is 4.05. The molecule has 1 amide bonds. The Bertz CT molecular complexity index is 277. The van der Waals surface area contributed by atoms with E-state index in [1.54, 1.807) is 0 Å². The Labute approximate surface area is 100 Å². The van der Waals surface area contributed by atoms with E-state index in [-0.39, 0.29) is 18.6 Å². The van der Waals surface area contributed by atoms with Gasteiger partial charge >= 0.3 is 12.1 Å². The number of carboxylic acids is 1. The zero-order valence-corrected chi connectivity index (χ0v) is 10.2. The first-order chi connectivity index (χ1) is 8.01. The molecule has 0 aromatic rings. The van der Waals surface area contributed by atoms with Crippen LogP contribution in [0.2, 0.25) is 0 Å². The lowest BCUT2D eigenvalue weighted by molar-refractivity contribution is -0.139. The van der Waals surface area contributed by atoms with Crippen LogP contribution in [-0.2, 0) is 14.3 Å². The molecule has 0 saturated heterocycles. The lowest BCUT2D eigenvalue weighted by Crippen LogP contribution is -2.41. The average molecular weight is 245 g/mol. The monoisotopic (exact) mass is 245 g/mol. The van der Waals surface area contributed by atoms with E-state index in [0.29, 0.717) is 6.42 Å². The van der Waals surface area contributed by atoms with E-state index in [4.69, 9.17) is 5.11 Å². The summed E-state index contributed by atoms with van der Waals surface area (Å²) in [5, 5.41) is 11.0. The van der Waals surface area contributed by atoms with E-state index < -0.39 is 18.1 Å². The number of methoxy groups -OCH3 is 1. The highest BCUT2D eigenvalue weighted by Gasteiger charge is 2.20. The minimum Gasteiger partial charge on any atom is -0.480 e.